The molecule has 6 heteroatoms. The van der Waals surface area contributed by atoms with Crippen LogP contribution in [0.2, 0.25) is 0 Å². The summed E-state index contributed by atoms with van der Waals surface area (Å²) in [4.78, 5) is 11.4. The van der Waals surface area contributed by atoms with Crippen LogP contribution in [0.4, 0.5) is 0 Å². The maximum Gasteiger partial charge on any atom is 0.302 e. The SMILES string of the molecule is CCCCC12C(C3(N)CC4C(C)CC(COC(C)=O)OC4C3O)CCC3C(C)(C)C(O)CCC31C2C. The first kappa shape index (κ1) is 26.9. The highest BCUT2D eigenvalue weighted by Gasteiger charge is 2.84. The normalized spacial score (nSPS) is 53.2. The number of esters is 1. The molecule has 5 rings (SSSR count). The van der Waals surface area contributed by atoms with Crippen molar-refractivity contribution in [3.8, 4) is 0 Å². The molecule has 6 nitrogen and oxygen atoms in total. The van der Waals surface area contributed by atoms with Gasteiger partial charge in [-0.1, -0.05) is 47.5 Å². The minimum Gasteiger partial charge on any atom is -0.463 e. The lowest BCUT2D eigenvalue weighted by molar-refractivity contribution is -0.167. The zero-order chi connectivity index (χ0) is 26.3. The van der Waals surface area contributed by atoms with Gasteiger partial charge in [0.05, 0.1) is 24.4 Å². The number of hydrogen-bond donors (Lipinski definition) is 3. The molecule has 12 atom stereocenters. The van der Waals surface area contributed by atoms with Crippen LogP contribution in [0.5, 0.6) is 0 Å². The van der Waals surface area contributed by atoms with Gasteiger partial charge in [0, 0.05) is 12.5 Å². The van der Waals surface area contributed by atoms with E-state index in [0.29, 0.717) is 17.8 Å². The number of fused-ring (bicyclic) bond motifs is 1. The summed E-state index contributed by atoms with van der Waals surface area (Å²) in [5.74, 6) is 1.63. The zero-order valence-electron chi connectivity index (χ0n) is 23.5. The molecule has 4 saturated carbocycles. The van der Waals surface area contributed by atoms with Crippen molar-refractivity contribution in [3.63, 3.8) is 0 Å². The molecule has 0 aromatic carbocycles. The van der Waals surface area contributed by atoms with Crippen LogP contribution in [0.25, 0.3) is 0 Å². The standard InChI is InChI=1S/C30H51NO5/c1-7-8-12-28-18(3)29(28)13-11-24(33)27(5,6)22(29)9-10-23(28)30(31)15-21-17(2)14-20(16-35-19(4)32)36-25(21)26(30)34/h17-18,20-26,33-34H,7-16,31H2,1-6H3. The van der Waals surface area contributed by atoms with Crippen molar-refractivity contribution < 1.29 is 24.5 Å². The third-order valence-corrected chi connectivity index (χ3v) is 12.6. The average Bonchev–Trinajstić information content (AvgIpc) is 3.24. The first-order valence-corrected chi connectivity index (χ1v) is 14.8. The molecule has 0 bridgehead atoms. The van der Waals surface area contributed by atoms with E-state index in [4.69, 9.17) is 15.2 Å². The van der Waals surface area contributed by atoms with Gasteiger partial charge < -0.3 is 25.4 Å². The number of ether oxygens (including phenoxy) is 2. The lowest BCUT2D eigenvalue weighted by Gasteiger charge is -2.57. The van der Waals surface area contributed by atoms with Crippen molar-refractivity contribution in [2.75, 3.05) is 6.61 Å². The predicted molar refractivity (Wildman–Crippen MR) is 139 cm³/mol. The van der Waals surface area contributed by atoms with E-state index in [-0.39, 0.29) is 59.0 Å². The van der Waals surface area contributed by atoms with Gasteiger partial charge in [-0.2, -0.15) is 0 Å². The highest BCUT2D eigenvalue weighted by atomic mass is 16.6. The van der Waals surface area contributed by atoms with Crippen LogP contribution < -0.4 is 5.73 Å². The molecule has 0 aromatic heterocycles. The van der Waals surface area contributed by atoms with Gasteiger partial charge in [0.2, 0.25) is 0 Å². The quantitative estimate of drug-likeness (QED) is 0.461. The Kier molecular flexibility index (Phi) is 6.67. The molecule has 1 saturated heterocycles. The van der Waals surface area contributed by atoms with Crippen molar-refractivity contribution in [2.45, 2.75) is 129 Å². The fraction of sp³-hybridized carbons (Fsp3) is 0.967. The van der Waals surface area contributed by atoms with E-state index in [1.807, 2.05) is 0 Å². The molecule has 0 aromatic rings. The van der Waals surface area contributed by atoms with Crippen LogP contribution in [0.1, 0.15) is 99.3 Å². The molecular weight excluding hydrogens is 454 g/mol. The van der Waals surface area contributed by atoms with E-state index in [9.17, 15) is 15.0 Å². The third-order valence-electron chi connectivity index (χ3n) is 12.6. The number of rotatable bonds is 6. The largest absolute Gasteiger partial charge is 0.463 e. The maximum atomic E-state index is 11.9. The van der Waals surface area contributed by atoms with Crippen LogP contribution >= 0.6 is 0 Å². The summed E-state index contributed by atoms with van der Waals surface area (Å²) in [6, 6.07) is 0. The van der Waals surface area contributed by atoms with Crippen LogP contribution in [0.15, 0.2) is 0 Å². The Hall–Kier alpha value is -0.690. The van der Waals surface area contributed by atoms with E-state index >= 15 is 0 Å². The zero-order valence-corrected chi connectivity index (χ0v) is 23.5. The first-order chi connectivity index (χ1) is 16.9. The molecule has 1 aliphatic heterocycles. The lowest BCUT2D eigenvalue weighted by atomic mass is 9.49. The minimum atomic E-state index is -0.711. The summed E-state index contributed by atoms with van der Waals surface area (Å²) in [7, 11) is 0. The Labute approximate surface area is 218 Å². The predicted octanol–water partition coefficient (Wildman–Crippen LogP) is 4.44. The van der Waals surface area contributed by atoms with Crippen LogP contribution in [0.3, 0.4) is 0 Å². The van der Waals surface area contributed by atoms with Crippen molar-refractivity contribution in [1.82, 2.24) is 0 Å². The second-order valence-electron chi connectivity index (χ2n) is 14.1. The molecule has 1 heterocycles. The molecular formula is C30H51NO5. The summed E-state index contributed by atoms with van der Waals surface area (Å²) in [5, 5.41) is 22.9. The monoisotopic (exact) mass is 505 g/mol. The van der Waals surface area contributed by atoms with E-state index in [0.717, 1.165) is 44.9 Å². The van der Waals surface area contributed by atoms with Gasteiger partial charge in [0.1, 0.15) is 6.61 Å². The molecule has 0 radical (unpaired) electrons. The molecule has 1 spiro atoms. The van der Waals surface area contributed by atoms with Gasteiger partial charge in [-0.05, 0) is 90.8 Å². The summed E-state index contributed by atoms with van der Waals surface area (Å²) in [6.45, 7) is 13.2. The Bertz CT molecular complexity index is 862. The fourth-order valence-electron chi connectivity index (χ4n) is 10.9. The Morgan fingerprint density at radius 1 is 1.14 bits per heavy atom. The Morgan fingerprint density at radius 2 is 1.83 bits per heavy atom. The second kappa shape index (κ2) is 8.93. The van der Waals surface area contributed by atoms with E-state index < -0.39 is 11.6 Å². The number of nitrogens with two attached hydrogens (primary N) is 1. The molecule has 4 N–H and O–H groups in total. The van der Waals surface area contributed by atoms with Crippen molar-refractivity contribution in [3.05, 3.63) is 0 Å². The fourth-order valence-corrected chi connectivity index (χ4v) is 10.9. The van der Waals surface area contributed by atoms with Crippen LogP contribution in [-0.2, 0) is 14.3 Å². The summed E-state index contributed by atoms with van der Waals surface area (Å²) in [5.41, 5.74) is 7.05. The number of aliphatic hydroxyl groups excluding tert-OH is 2. The maximum absolute atomic E-state index is 11.9. The average molecular weight is 506 g/mol. The molecule has 5 aliphatic rings. The summed E-state index contributed by atoms with van der Waals surface area (Å²) in [6.07, 6.45) is 7.79. The number of aliphatic hydroxyl groups is 2. The van der Waals surface area contributed by atoms with Gasteiger partial charge in [0.25, 0.3) is 0 Å². The van der Waals surface area contributed by atoms with E-state index in [1.165, 1.54) is 19.8 Å². The number of unbranched alkanes of at least 4 members (excludes halogenated alkanes) is 1. The van der Waals surface area contributed by atoms with Crippen molar-refractivity contribution >= 4 is 5.97 Å². The molecule has 36 heavy (non-hydrogen) atoms. The summed E-state index contributed by atoms with van der Waals surface area (Å²) < 4.78 is 11.7. The van der Waals surface area contributed by atoms with Gasteiger partial charge in [-0.3, -0.25) is 4.79 Å². The van der Waals surface area contributed by atoms with Gasteiger partial charge in [-0.25, -0.2) is 0 Å². The molecule has 206 valence electrons. The first-order valence-electron chi connectivity index (χ1n) is 14.8. The van der Waals surface area contributed by atoms with Crippen LogP contribution in [-0.4, -0.2) is 52.7 Å². The lowest BCUT2D eigenvalue weighted by Crippen LogP contribution is -2.62. The Balaban J connectivity index is 1.46. The molecule has 0 amide bonds. The minimum absolute atomic E-state index is 0.0863. The smallest absolute Gasteiger partial charge is 0.302 e. The van der Waals surface area contributed by atoms with E-state index in [2.05, 4.69) is 34.6 Å². The van der Waals surface area contributed by atoms with Gasteiger partial charge in [0.15, 0.2) is 0 Å². The Morgan fingerprint density at radius 3 is 2.50 bits per heavy atom. The molecule has 5 fully saturated rings. The van der Waals surface area contributed by atoms with Crippen molar-refractivity contribution in [1.29, 1.82) is 0 Å². The third kappa shape index (κ3) is 3.46. The second-order valence-corrected chi connectivity index (χ2v) is 14.1. The number of carbonyl (C=O) groups is 1. The highest BCUT2D eigenvalue weighted by molar-refractivity contribution is 5.65. The summed E-state index contributed by atoms with van der Waals surface area (Å²) >= 11 is 0. The van der Waals surface area contributed by atoms with Gasteiger partial charge >= 0.3 is 5.97 Å². The van der Waals surface area contributed by atoms with E-state index in [1.54, 1.807) is 0 Å². The van der Waals surface area contributed by atoms with Crippen molar-refractivity contribution in [2.24, 2.45) is 51.6 Å². The molecule has 4 aliphatic carbocycles. The number of carbonyl (C=O) groups excluding carboxylic acids is 1. The molecule has 12 unspecified atom stereocenters. The topological polar surface area (TPSA) is 102 Å². The number of hydrogen-bond acceptors (Lipinski definition) is 6. The van der Waals surface area contributed by atoms with Crippen LogP contribution in [0, 0.1) is 45.8 Å². The highest BCUT2D eigenvalue weighted by Crippen LogP contribution is 2.87. The van der Waals surface area contributed by atoms with Gasteiger partial charge in [-0.15, -0.1) is 0 Å².